The summed E-state index contributed by atoms with van der Waals surface area (Å²) in [5.41, 5.74) is 8.91. The number of carbonyl (C=O) groups excluding carboxylic acids is 2. The zero-order chi connectivity index (χ0) is 22.9. The molecule has 1 fully saturated rings. The summed E-state index contributed by atoms with van der Waals surface area (Å²) in [6.07, 6.45) is 3.73. The third-order valence-electron chi connectivity index (χ3n) is 6.83. The minimum absolute atomic E-state index is 0.00568. The van der Waals surface area contributed by atoms with E-state index in [1.54, 1.807) is 4.57 Å². The van der Waals surface area contributed by atoms with Crippen molar-refractivity contribution in [1.82, 2.24) is 25.0 Å². The average molecular weight is 550 g/mol. The summed E-state index contributed by atoms with van der Waals surface area (Å²) in [7, 11) is 0. The highest BCUT2D eigenvalue weighted by Gasteiger charge is 2.41. The fourth-order valence-electron chi connectivity index (χ4n) is 5.02. The first-order valence-corrected chi connectivity index (χ1v) is 12.8. The van der Waals surface area contributed by atoms with E-state index in [9.17, 15) is 9.59 Å². The van der Waals surface area contributed by atoms with Gasteiger partial charge >= 0.3 is 0 Å². The van der Waals surface area contributed by atoms with Crippen LogP contribution in [0.4, 0.5) is 0 Å². The first-order chi connectivity index (χ1) is 15.4. The van der Waals surface area contributed by atoms with Crippen molar-refractivity contribution >= 4 is 34.4 Å². The molecule has 32 heavy (non-hydrogen) atoms. The Labute approximate surface area is 202 Å². The summed E-state index contributed by atoms with van der Waals surface area (Å²) >= 11 is 2.39. The maximum atomic E-state index is 13.2. The monoisotopic (exact) mass is 550 g/mol. The molecule has 0 radical (unpaired) electrons. The highest BCUT2D eigenvalue weighted by molar-refractivity contribution is 14.1. The van der Waals surface area contributed by atoms with Gasteiger partial charge in [-0.3, -0.25) is 14.2 Å². The Hall–Kier alpha value is -2.01. The lowest BCUT2D eigenvalue weighted by atomic mass is 9.67. The number of hydrogen-bond acceptors (Lipinski definition) is 5. The number of halogens is 1. The molecule has 3 N–H and O–H groups in total. The van der Waals surface area contributed by atoms with Gasteiger partial charge in [-0.15, -0.1) is 10.2 Å². The molecule has 1 aliphatic carbocycles. The van der Waals surface area contributed by atoms with Crippen molar-refractivity contribution in [3.63, 3.8) is 0 Å². The van der Waals surface area contributed by atoms with Crippen LogP contribution in [0.2, 0.25) is 0 Å². The summed E-state index contributed by atoms with van der Waals surface area (Å²) in [5, 5.41) is 10.9. The standard InChI is InChI=1S/C23H31IN6O2/c1-15(2)26-21(31)19-27-28-20-22(32)29(10-11-30(19)20)18-6-8-23(14-25,9-7-18)17-5-3-4-16(12-17)13-24/h3-5,12,15,18H,6-11,13-14,25H2,1-2H3,(H,26,31)/t18-,23-. The predicted molar refractivity (Wildman–Crippen MR) is 131 cm³/mol. The smallest absolute Gasteiger partial charge is 0.292 e. The average Bonchev–Trinajstić information content (AvgIpc) is 3.24. The van der Waals surface area contributed by atoms with Gasteiger partial charge in [0.25, 0.3) is 11.8 Å². The normalized spacial score (nSPS) is 23.3. The highest BCUT2D eigenvalue weighted by atomic mass is 127. The molecule has 2 amide bonds. The van der Waals surface area contributed by atoms with Crippen LogP contribution >= 0.6 is 22.6 Å². The van der Waals surface area contributed by atoms with Crippen LogP contribution in [0.3, 0.4) is 0 Å². The van der Waals surface area contributed by atoms with Crippen molar-refractivity contribution in [2.24, 2.45) is 5.73 Å². The number of rotatable bonds is 6. The first-order valence-electron chi connectivity index (χ1n) is 11.3. The Morgan fingerprint density at radius 3 is 2.69 bits per heavy atom. The number of nitrogens with one attached hydrogen (secondary N) is 1. The predicted octanol–water partition coefficient (Wildman–Crippen LogP) is 2.65. The van der Waals surface area contributed by atoms with Crippen molar-refractivity contribution < 1.29 is 9.59 Å². The van der Waals surface area contributed by atoms with Crippen LogP contribution in [-0.4, -0.2) is 56.7 Å². The number of alkyl halides is 1. The molecule has 1 aromatic carbocycles. The summed E-state index contributed by atoms with van der Waals surface area (Å²) < 4.78 is 2.63. The van der Waals surface area contributed by atoms with Gasteiger partial charge in [-0.25, -0.2) is 0 Å². The van der Waals surface area contributed by atoms with Crippen LogP contribution in [0.25, 0.3) is 0 Å². The van der Waals surface area contributed by atoms with Gasteiger partial charge in [-0.2, -0.15) is 0 Å². The number of hydrogen-bond donors (Lipinski definition) is 2. The minimum Gasteiger partial charge on any atom is -0.347 e. The van der Waals surface area contributed by atoms with E-state index in [1.165, 1.54) is 11.1 Å². The molecule has 2 aliphatic rings. The summed E-state index contributed by atoms with van der Waals surface area (Å²) in [6.45, 7) is 5.49. The second-order valence-electron chi connectivity index (χ2n) is 9.18. The van der Waals surface area contributed by atoms with Gasteiger partial charge in [0.15, 0.2) is 0 Å². The number of amides is 2. The molecule has 8 nitrogen and oxygen atoms in total. The van der Waals surface area contributed by atoms with Crippen LogP contribution in [0.1, 0.15) is 71.9 Å². The highest BCUT2D eigenvalue weighted by Crippen LogP contribution is 2.41. The van der Waals surface area contributed by atoms with Gasteiger partial charge < -0.3 is 16.0 Å². The lowest BCUT2D eigenvalue weighted by Crippen LogP contribution is -2.51. The molecular formula is C23H31IN6O2. The number of nitrogens with two attached hydrogens (primary N) is 1. The van der Waals surface area contributed by atoms with Gasteiger partial charge in [-0.1, -0.05) is 46.9 Å². The summed E-state index contributed by atoms with van der Waals surface area (Å²) in [5.74, 6) is 0.0434. The lowest BCUT2D eigenvalue weighted by Gasteiger charge is -2.44. The Balaban J connectivity index is 1.47. The number of benzene rings is 1. The maximum Gasteiger partial charge on any atom is 0.292 e. The fourth-order valence-corrected chi connectivity index (χ4v) is 5.49. The summed E-state index contributed by atoms with van der Waals surface area (Å²) in [6, 6.07) is 8.92. The van der Waals surface area contributed by atoms with E-state index in [0.717, 1.165) is 30.1 Å². The molecule has 0 spiro atoms. The fraction of sp³-hybridized carbons (Fsp3) is 0.565. The first kappa shape index (κ1) is 23.2. The van der Waals surface area contributed by atoms with E-state index in [-0.39, 0.29) is 41.0 Å². The van der Waals surface area contributed by atoms with Crippen LogP contribution in [-0.2, 0) is 16.4 Å². The van der Waals surface area contributed by atoms with E-state index < -0.39 is 0 Å². The van der Waals surface area contributed by atoms with Crippen molar-refractivity contribution in [3.05, 3.63) is 47.0 Å². The Kier molecular flexibility index (Phi) is 6.85. The van der Waals surface area contributed by atoms with Crippen LogP contribution in [0.15, 0.2) is 24.3 Å². The number of fused-ring (bicyclic) bond motifs is 1. The van der Waals surface area contributed by atoms with Crippen LogP contribution in [0, 0.1) is 0 Å². The summed E-state index contributed by atoms with van der Waals surface area (Å²) in [4.78, 5) is 27.5. The molecule has 4 rings (SSSR count). The van der Waals surface area contributed by atoms with E-state index in [4.69, 9.17) is 5.73 Å². The van der Waals surface area contributed by atoms with Crippen molar-refractivity contribution in [2.75, 3.05) is 13.1 Å². The number of aromatic nitrogens is 3. The molecule has 2 aromatic rings. The van der Waals surface area contributed by atoms with Gasteiger partial charge in [0, 0.05) is 41.6 Å². The molecule has 172 valence electrons. The molecule has 9 heteroatoms. The molecule has 0 unspecified atom stereocenters. The minimum atomic E-state index is -0.292. The van der Waals surface area contributed by atoms with Crippen molar-refractivity contribution in [2.45, 2.75) is 68.0 Å². The maximum absolute atomic E-state index is 13.2. The van der Waals surface area contributed by atoms with Gasteiger partial charge in [0.05, 0.1) is 0 Å². The number of carbonyl (C=O) groups is 2. The molecule has 1 aliphatic heterocycles. The topological polar surface area (TPSA) is 106 Å². The van der Waals surface area contributed by atoms with Gasteiger partial charge in [-0.05, 0) is 50.7 Å². The third kappa shape index (κ3) is 4.28. The number of nitrogens with zero attached hydrogens (tertiary/aromatic N) is 4. The quantitative estimate of drug-likeness (QED) is 0.425. The SMILES string of the molecule is CC(C)NC(=O)c1nnc2n1CCN([C@H]1CC[C@](CN)(c3cccc(CI)c3)CC1)C2=O. The van der Waals surface area contributed by atoms with E-state index in [2.05, 4.69) is 62.4 Å². The van der Waals surface area contributed by atoms with Crippen molar-refractivity contribution in [3.8, 4) is 0 Å². The van der Waals surface area contributed by atoms with E-state index >= 15 is 0 Å². The van der Waals surface area contributed by atoms with Crippen LogP contribution in [0.5, 0.6) is 0 Å². The Morgan fingerprint density at radius 2 is 2.03 bits per heavy atom. The van der Waals surface area contributed by atoms with Crippen LogP contribution < -0.4 is 11.1 Å². The van der Waals surface area contributed by atoms with E-state index in [0.29, 0.717) is 19.6 Å². The molecule has 1 saturated carbocycles. The van der Waals surface area contributed by atoms with Gasteiger partial charge in [0.1, 0.15) is 0 Å². The second-order valence-corrected chi connectivity index (χ2v) is 9.94. The Bertz CT molecular complexity index is 996. The van der Waals surface area contributed by atoms with E-state index in [1.807, 2.05) is 18.7 Å². The molecule has 1 aromatic heterocycles. The molecule has 2 heterocycles. The lowest BCUT2D eigenvalue weighted by molar-refractivity contribution is 0.0520. The molecule has 0 bridgehead atoms. The van der Waals surface area contributed by atoms with Crippen molar-refractivity contribution in [1.29, 1.82) is 0 Å². The molecule has 0 atom stereocenters. The zero-order valence-corrected chi connectivity index (χ0v) is 20.8. The zero-order valence-electron chi connectivity index (χ0n) is 18.7. The second kappa shape index (κ2) is 9.46. The third-order valence-corrected chi connectivity index (χ3v) is 7.71. The van der Waals surface area contributed by atoms with Gasteiger partial charge in [0.2, 0.25) is 11.6 Å². The Morgan fingerprint density at radius 1 is 1.28 bits per heavy atom. The molecule has 0 saturated heterocycles. The molecular weight excluding hydrogens is 519 g/mol. The largest absolute Gasteiger partial charge is 0.347 e.